The van der Waals surface area contributed by atoms with Crippen molar-refractivity contribution in [3.63, 3.8) is 0 Å². The number of aromatic nitrogens is 2. The first kappa shape index (κ1) is 12.6. The minimum absolute atomic E-state index is 0.275. The van der Waals surface area contributed by atoms with Crippen molar-refractivity contribution in [2.45, 2.75) is 0 Å². The lowest BCUT2D eigenvalue weighted by atomic mass is 10.1. The Hall–Kier alpha value is -2.89. The van der Waals surface area contributed by atoms with E-state index in [-0.39, 0.29) is 5.91 Å². The van der Waals surface area contributed by atoms with Crippen molar-refractivity contribution in [3.05, 3.63) is 53.7 Å². The zero-order chi connectivity index (χ0) is 13.7. The van der Waals surface area contributed by atoms with Gasteiger partial charge in [0.05, 0.1) is 6.20 Å². The van der Waals surface area contributed by atoms with Crippen molar-refractivity contribution < 1.29 is 9.59 Å². The van der Waals surface area contributed by atoms with E-state index in [1.165, 1.54) is 6.08 Å². The van der Waals surface area contributed by atoms with Gasteiger partial charge in [-0.3, -0.25) is 14.7 Å². The van der Waals surface area contributed by atoms with Gasteiger partial charge in [-0.1, -0.05) is 12.1 Å². The van der Waals surface area contributed by atoms with Crippen LogP contribution in [0, 0.1) is 0 Å². The number of nitrogens with zero attached hydrogens (tertiary/aromatic N) is 1. The molecule has 6 heteroatoms. The number of amides is 2. The van der Waals surface area contributed by atoms with Crippen LogP contribution < -0.4 is 11.1 Å². The first-order chi connectivity index (χ1) is 9.15. The van der Waals surface area contributed by atoms with Gasteiger partial charge in [-0.25, -0.2) is 0 Å². The van der Waals surface area contributed by atoms with E-state index >= 15 is 0 Å². The van der Waals surface area contributed by atoms with Crippen LogP contribution >= 0.6 is 0 Å². The molecule has 0 unspecified atom stereocenters. The van der Waals surface area contributed by atoms with Crippen molar-refractivity contribution in [2.75, 3.05) is 5.32 Å². The van der Waals surface area contributed by atoms with E-state index in [1.807, 2.05) is 0 Å². The van der Waals surface area contributed by atoms with E-state index in [4.69, 9.17) is 5.73 Å². The Balaban J connectivity index is 1.98. The molecule has 1 heterocycles. The molecule has 0 aliphatic carbocycles. The molecule has 0 atom stereocenters. The second-order valence-corrected chi connectivity index (χ2v) is 3.78. The maximum atomic E-state index is 11.5. The summed E-state index contributed by atoms with van der Waals surface area (Å²) < 4.78 is 0. The molecule has 1 aromatic heterocycles. The van der Waals surface area contributed by atoms with Gasteiger partial charge in [0.2, 0.25) is 11.8 Å². The van der Waals surface area contributed by atoms with Crippen LogP contribution in [0.1, 0.15) is 15.9 Å². The second kappa shape index (κ2) is 5.63. The summed E-state index contributed by atoms with van der Waals surface area (Å²) in [5.74, 6) is -0.227. The molecule has 2 aromatic rings. The second-order valence-electron chi connectivity index (χ2n) is 3.78. The molecule has 19 heavy (non-hydrogen) atoms. The largest absolute Gasteiger partial charge is 0.366 e. The van der Waals surface area contributed by atoms with E-state index in [9.17, 15) is 9.59 Å². The SMILES string of the molecule is NC(=O)c1ccc(/C=C/C(=O)Nc2ccn[nH]2)cc1. The van der Waals surface area contributed by atoms with Crippen LogP contribution in [0.3, 0.4) is 0 Å². The Bertz CT molecular complexity index is 600. The number of nitrogens with one attached hydrogen (secondary N) is 2. The molecule has 0 aliphatic heterocycles. The predicted molar refractivity (Wildman–Crippen MR) is 71.2 cm³/mol. The summed E-state index contributed by atoms with van der Waals surface area (Å²) in [6.45, 7) is 0. The standard InChI is InChI=1S/C13H12N4O2/c14-13(19)10-4-1-9(2-5-10)3-6-12(18)16-11-7-8-15-17-11/h1-8H,(H2,14,19)(H2,15,16,17,18)/b6-3+. The number of H-pyrrole nitrogens is 1. The molecule has 6 nitrogen and oxygen atoms in total. The monoisotopic (exact) mass is 256 g/mol. The summed E-state index contributed by atoms with van der Waals surface area (Å²) in [5.41, 5.74) is 6.36. The van der Waals surface area contributed by atoms with E-state index in [0.29, 0.717) is 11.4 Å². The minimum Gasteiger partial charge on any atom is -0.366 e. The number of hydrogen-bond acceptors (Lipinski definition) is 3. The average Bonchev–Trinajstić information content (AvgIpc) is 2.89. The molecular formula is C13H12N4O2. The summed E-state index contributed by atoms with van der Waals surface area (Å²) >= 11 is 0. The number of primary amides is 1. The molecule has 0 fully saturated rings. The van der Waals surface area contributed by atoms with E-state index in [0.717, 1.165) is 5.56 Å². The maximum absolute atomic E-state index is 11.5. The van der Waals surface area contributed by atoms with Crippen molar-refractivity contribution >= 4 is 23.7 Å². The van der Waals surface area contributed by atoms with Gasteiger partial charge in [0, 0.05) is 17.7 Å². The highest BCUT2D eigenvalue weighted by atomic mass is 16.1. The number of hydrogen-bond donors (Lipinski definition) is 3. The Kier molecular flexibility index (Phi) is 3.72. The number of anilines is 1. The third kappa shape index (κ3) is 3.53. The molecule has 0 radical (unpaired) electrons. The number of carbonyl (C=O) groups is 2. The van der Waals surface area contributed by atoms with E-state index in [2.05, 4.69) is 15.5 Å². The van der Waals surface area contributed by atoms with Crippen LogP contribution in [0.15, 0.2) is 42.6 Å². The summed E-state index contributed by atoms with van der Waals surface area (Å²) in [6.07, 6.45) is 4.57. The predicted octanol–water partition coefficient (Wildman–Crippen LogP) is 1.16. The highest BCUT2D eigenvalue weighted by Gasteiger charge is 2.00. The van der Waals surface area contributed by atoms with Crippen LogP contribution in [0.4, 0.5) is 5.82 Å². The zero-order valence-corrected chi connectivity index (χ0v) is 9.96. The topological polar surface area (TPSA) is 101 Å². The molecule has 2 amide bonds. The van der Waals surface area contributed by atoms with Crippen LogP contribution in [-0.2, 0) is 4.79 Å². The summed E-state index contributed by atoms with van der Waals surface area (Å²) in [6, 6.07) is 8.27. The van der Waals surface area contributed by atoms with Gasteiger partial charge in [0.25, 0.3) is 0 Å². The molecule has 1 aromatic carbocycles. The summed E-state index contributed by atoms with van der Waals surface area (Å²) in [5, 5.41) is 8.93. The number of benzene rings is 1. The van der Waals surface area contributed by atoms with Gasteiger partial charge in [-0.15, -0.1) is 0 Å². The van der Waals surface area contributed by atoms with E-state index in [1.54, 1.807) is 42.6 Å². The molecule has 4 N–H and O–H groups in total. The first-order valence-electron chi connectivity index (χ1n) is 5.53. The van der Waals surface area contributed by atoms with Crippen LogP contribution in [0.25, 0.3) is 6.08 Å². The van der Waals surface area contributed by atoms with Gasteiger partial charge in [0.15, 0.2) is 0 Å². The third-order valence-electron chi connectivity index (χ3n) is 2.38. The lowest BCUT2D eigenvalue weighted by Crippen LogP contribution is -2.10. The van der Waals surface area contributed by atoms with Gasteiger partial charge < -0.3 is 11.1 Å². The number of rotatable bonds is 4. The van der Waals surface area contributed by atoms with Crippen LogP contribution in [0.2, 0.25) is 0 Å². The van der Waals surface area contributed by atoms with Crippen molar-refractivity contribution in [1.29, 1.82) is 0 Å². The number of carbonyl (C=O) groups excluding carboxylic acids is 2. The third-order valence-corrected chi connectivity index (χ3v) is 2.38. The fourth-order valence-corrected chi connectivity index (χ4v) is 1.43. The van der Waals surface area contributed by atoms with Gasteiger partial charge in [-0.05, 0) is 23.8 Å². The number of aromatic amines is 1. The van der Waals surface area contributed by atoms with Crippen LogP contribution in [-0.4, -0.2) is 22.0 Å². The fourth-order valence-electron chi connectivity index (χ4n) is 1.43. The molecule has 0 aliphatic rings. The molecule has 0 saturated heterocycles. The quantitative estimate of drug-likeness (QED) is 0.715. The maximum Gasteiger partial charge on any atom is 0.249 e. The average molecular weight is 256 g/mol. The summed E-state index contributed by atoms with van der Waals surface area (Å²) in [7, 11) is 0. The fraction of sp³-hybridized carbons (Fsp3) is 0. The molecule has 2 rings (SSSR count). The zero-order valence-electron chi connectivity index (χ0n) is 9.96. The molecular weight excluding hydrogens is 244 g/mol. The molecule has 0 spiro atoms. The number of nitrogens with two attached hydrogens (primary N) is 1. The Morgan fingerprint density at radius 2 is 1.95 bits per heavy atom. The Morgan fingerprint density at radius 3 is 2.53 bits per heavy atom. The van der Waals surface area contributed by atoms with Gasteiger partial charge >= 0.3 is 0 Å². The lowest BCUT2D eigenvalue weighted by molar-refractivity contribution is -0.111. The van der Waals surface area contributed by atoms with Gasteiger partial charge in [0.1, 0.15) is 5.82 Å². The normalized spacial score (nSPS) is 10.5. The Morgan fingerprint density at radius 1 is 1.21 bits per heavy atom. The Labute approximate surface area is 109 Å². The van der Waals surface area contributed by atoms with Crippen molar-refractivity contribution in [2.24, 2.45) is 5.73 Å². The molecule has 96 valence electrons. The first-order valence-corrected chi connectivity index (χ1v) is 5.53. The minimum atomic E-state index is -0.479. The van der Waals surface area contributed by atoms with E-state index < -0.39 is 5.91 Å². The highest BCUT2D eigenvalue weighted by Crippen LogP contribution is 2.06. The summed E-state index contributed by atoms with van der Waals surface area (Å²) in [4.78, 5) is 22.4. The van der Waals surface area contributed by atoms with Crippen molar-refractivity contribution in [3.8, 4) is 0 Å². The van der Waals surface area contributed by atoms with Crippen LogP contribution in [0.5, 0.6) is 0 Å². The highest BCUT2D eigenvalue weighted by molar-refractivity contribution is 6.01. The lowest BCUT2D eigenvalue weighted by Gasteiger charge is -1.98. The van der Waals surface area contributed by atoms with Gasteiger partial charge in [-0.2, -0.15) is 5.10 Å². The van der Waals surface area contributed by atoms with Crippen molar-refractivity contribution in [1.82, 2.24) is 10.2 Å². The molecule has 0 bridgehead atoms. The smallest absolute Gasteiger partial charge is 0.249 e. The molecule has 0 saturated carbocycles.